The molecule has 0 aliphatic heterocycles. The number of ether oxygens (including phenoxy) is 1. The van der Waals surface area contributed by atoms with Crippen molar-refractivity contribution in [2.24, 2.45) is 7.05 Å². The maximum Gasteiger partial charge on any atom is 0.354 e. The highest BCUT2D eigenvalue weighted by atomic mass is 16.6. The molecule has 0 fully saturated rings. The highest BCUT2D eigenvalue weighted by Crippen LogP contribution is 2.37. The fourth-order valence-electron chi connectivity index (χ4n) is 3.05. The molecule has 0 saturated heterocycles. The molecule has 0 bridgehead atoms. The second kappa shape index (κ2) is 7.76. The van der Waals surface area contributed by atoms with Crippen LogP contribution >= 0.6 is 0 Å². The summed E-state index contributed by atoms with van der Waals surface area (Å²) >= 11 is 0. The quantitative estimate of drug-likeness (QED) is 0.272. The molecule has 1 heterocycles. The van der Waals surface area contributed by atoms with Gasteiger partial charge in [-0.05, 0) is 23.6 Å². The Labute approximate surface area is 161 Å². The van der Waals surface area contributed by atoms with Crippen molar-refractivity contribution >= 4 is 17.3 Å². The number of hydrogen-bond acceptors (Lipinski definition) is 4. The minimum atomic E-state index is -0.488. The SMILES string of the molecule is [C-]#[N+]c1cn(C)c(C(=O)OCC)c1-c1ccc(-c2cccc([N+](=O)[O-])c2)cc1. The van der Waals surface area contributed by atoms with E-state index in [4.69, 9.17) is 11.3 Å². The largest absolute Gasteiger partial charge is 0.461 e. The molecule has 7 nitrogen and oxygen atoms in total. The van der Waals surface area contributed by atoms with Crippen LogP contribution in [0.1, 0.15) is 17.4 Å². The zero-order valence-corrected chi connectivity index (χ0v) is 15.4. The Kier molecular flexibility index (Phi) is 5.23. The standard InChI is InChI=1S/C21H17N3O4/c1-4-28-21(25)20-19(18(22-2)13-23(20)3)15-10-8-14(9-11-15)16-6-5-7-17(12-16)24(26)27/h5-13H,4H2,1,3H3. The molecule has 3 aromatic rings. The van der Waals surface area contributed by atoms with E-state index < -0.39 is 10.9 Å². The van der Waals surface area contributed by atoms with Crippen molar-refractivity contribution in [3.8, 4) is 22.3 Å². The van der Waals surface area contributed by atoms with Crippen molar-refractivity contribution in [2.75, 3.05) is 6.61 Å². The van der Waals surface area contributed by atoms with Crippen LogP contribution in [0, 0.1) is 16.7 Å². The second-order valence-corrected chi connectivity index (χ2v) is 6.07. The number of aryl methyl sites for hydroxylation is 1. The Morgan fingerprint density at radius 2 is 1.86 bits per heavy atom. The Balaban J connectivity index is 2.05. The van der Waals surface area contributed by atoms with Crippen LogP contribution in [0.3, 0.4) is 0 Å². The van der Waals surface area contributed by atoms with Crippen molar-refractivity contribution in [2.45, 2.75) is 6.92 Å². The minimum absolute atomic E-state index is 0.0181. The van der Waals surface area contributed by atoms with Crippen molar-refractivity contribution in [3.05, 3.63) is 82.0 Å². The van der Waals surface area contributed by atoms with Crippen molar-refractivity contribution in [3.63, 3.8) is 0 Å². The number of aromatic nitrogens is 1. The Hall–Kier alpha value is -3.92. The summed E-state index contributed by atoms with van der Waals surface area (Å²) in [7, 11) is 1.70. The molecule has 2 aromatic carbocycles. The van der Waals surface area contributed by atoms with Gasteiger partial charge in [-0.15, -0.1) is 0 Å². The van der Waals surface area contributed by atoms with Gasteiger partial charge in [-0.1, -0.05) is 36.4 Å². The zero-order valence-electron chi connectivity index (χ0n) is 15.4. The topological polar surface area (TPSA) is 78.7 Å². The molecule has 0 N–H and O–H groups in total. The van der Waals surface area contributed by atoms with Gasteiger partial charge in [0.2, 0.25) is 5.69 Å². The van der Waals surface area contributed by atoms with Crippen LogP contribution in [0.2, 0.25) is 0 Å². The van der Waals surface area contributed by atoms with E-state index in [1.54, 1.807) is 49.0 Å². The van der Waals surface area contributed by atoms with Gasteiger partial charge in [0.1, 0.15) is 5.69 Å². The molecule has 0 aliphatic rings. The number of nitro benzene ring substituents is 1. The first-order chi connectivity index (χ1) is 13.5. The Bertz CT molecular complexity index is 1090. The first-order valence-corrected chi connectivity index (χ1v) is 8.55. The van der Waals surface area contributed by atoms with Crippen LogP contribution in [0.25, 0.3) is 27.1 Å². The van der Waals surface area contributed by atoms with Crippen LogP contribution in [0.4, 0.5) is 11.4 Å². The zero-order chi connectivity index (χ0) is 20.3. The van der Waals surface area contributed by atoms with E-state index in [-0.39, 0.29) is 12.3 Å². The summed E-state index contributed by atoms with van der Waals surface area (Å²) < 4.78 is 6.72. The molecule has 28 heavy (non-hydrogen) atoms. The van der Waals surface area contributed by atoms with Crippen LogP contribution in [0.15, 0.2) is 54.7 Å². The van der Waals surface area contributed by atoms with Gasteiger partial charge >= 0.3 is 5.97 Å². The van der Waals surface area contributed by atoms with Crippen LogP contribution < -0.4 is 0 Å². The van der Waals surface area contributed by atoms with E-state index in [9.17, 15) is 14.9 Å². The van der Waals surface area contributed by atoms with Gasteiger partial charge in [0.25, 0.3) is 5.69 Å². The van der Waals surface area contributed by atoms with E-state index in [1.165, 1.54) is 12.1 Å². The van der Waals surface area contributed by atoms with Gasteiger partial charge in [-0.3, -0.25) is 10.1 Å². The fraction of sp³-hybridized carbons (Fsp3) is 0.143. The van der Waals surface area contributed by atoms with Crippen LogP contribution in [-0.2, 0) is 11.8 Å². The predicted molar refractivity (Wildman–Crippen MR) is 105 cm³/mol. The second-order valence-electron chi connectivity index (χ2n) is 6.07. The molecule has 140 valence electrons. The molecule has 0 unspecified atom stereocenters. The average Bonchev–Trinajstić information content (AvgIpc) is 3.04. The molecule has 3 rings (SSSR count). The number of carbonyl (C=O) groups excluding carboxylic acids is 1. The lowest BCUT2D eigenvalue weighted by Crippen LogP contribution is -2.10. The summed E-state index contributed by atoms with van der Waals surface area (Å²) in [6.07, 6.45) is 1.60. The number of rotatable bonds is 5. The van der Waals surface area contributed by atoms with Gasteiger partial charge in [0.15, 0.2) is 0 Å². The number of nitro groups is 1. The molecule has 0 aliphatic carbocycles. The van der Waals surface area contributed by atoms with Gasteiger partial charge in [0, 0.05) is 30.9 Å². The highest BCUT2D eigenvalue weighted by molar-refractivity contribution is 6.00. The molecule has 0 saturated carbocycles. The van der Waals surface area contributed by atoms with E-state index in [0.29, 0.717) is 28.1 Å². The van der Waals surface area contributed by atoms with Gasteiger partial charge in [0.05, 0.1) is 18.1 Å². The van der Waals surface area contributed by atoms with Crippen LogP contribution in [0.5, 0.6) is 0 Å². The third kappa shape index (κ3) is 3.48. The molecular weight excluding hydrogens is 358 g/mol. The smallest absolute Gasteiger partial charge is 0.354 e. The summed E-state index contributed by atoms with van der Waals surface area (Å²) in [5.41, 5.74) is 3.41. The van der Waals surface area contributed by atoms with Gasteiger partial charge in [-0.25, -0.2) is 9.64 Å². The van der Waals surface area contributed by atoms with E-state index >= 15 is 0 Å². The molecule has 7 heteroatoms. The molecule has 0 spiro atoms. The van der Waals surface area contributed by atoms with E-state index in [0.717, 1.165) is 5.56 Å². The number of carbonyl (C=O) groups is 1. The first-order valence-electron chi connectivity index (χ1n) is 8.55. The van der Waals surface area contributed by atoms with Crippen LogP contribution in [-0.4, -0.2) is 22.1 Å². The highest BCUT2D eigenvalue weighted by Gasteiger charge is 2.22. The molecule has 0 radical (unpaired) electrons. The number of hydrogen-bond donors (Lipinski definition) is 0. The third-order valence-electron chi connectivity index (χ3n) is 4.31. The third-order valence-corrected chi connectivity index (χ3v) is 4.31. The van der Waals surface area contributed by atoms with E-state index in [1.807, 2.05) is 12.1 Å². The molecule has 0 atom stereocenters. The Morgan fingerprint density at radius 1 is 1.18 bits per heavy atom. The lowest BCUT2D eigenvalue weighted by atomic mass is 9.99. The normalized spacial score (nSPS) is 10.3. The average molecular weight is 375 g/mol. The molecule has 0 amide bonds. The van der Waals surface area contributed by atoms with E-state index in [2.05, 4.69) is 4.85 Å². The van der Waals surface area contributed by atoms with Crippen molar-refractivity contribution < 1.29 is 14.5 Å². The summed E-state index contributed by atoms with van der Waals surface area (Å²) in [5.74, 6) is -0.488. The molecular formula is C21H17N3O4. The lowest BCUT2D eigenvalue weighted by molar-refractivity contribution is -0.384. The summed E-state index contributed by atoms with van der Waals surface area (Å²) in [6, 6.07) is 13.6. The lowest BCUT2D eigenvalue weighted by Gasteiger charge is -2.09. The number of nitrogens with zero attached hydrogens (tertiary/aromatic N) is 3. The Morgan fingerprint density at radius 3 is 2.46 bits per heavy atom. The van der Waals surface area contributed by atoms with Crippen molar-refractivity contribution in [1.29, 1.82) is 0 Å². The van der Waals surface area contributed by atoms with Crippen molar-refractivity contribution in [1.82, 2.24) is 4.57 Å². The summed E-state index contributed by atoms with van der Waals surface area (Å²) in [4.78, 5) is 26.4. The summed E-state index contributed by atoms with van der Waals surface area (Å²) in [6.45, 7) is 9.39. The maximum atomic E-state index is 12.4. The number of esters is 1. The predicted octanol–water partition coefficient (Wildman–Crippen LogP) is 4.99. The monoisotopic (exact) mass is 375 g/mol. The number of benzene rings is 2. The van der Waals surface area contributed by atoms with Gasteiger partial charge < -0.3 is 9.30 Å². The van der Waals surface area contributed by atoms with Gasteiger partial charge in [-0.2, -0.15) is 0 Å². The first kappa shape index (κ1) is 18.9. The minimum Gasteiger partial charge on any atom is -0.461 e. The summed E-state index contributed by atoms with van der Waals surface area (Å²) in [5, 5.41) is 11.0. The molecule has 1 aromatic heterocycles. The number of non-ortho nitro benzene ring substituents is 1. The fourth-order valence-corrected chi connectivity index (χ4v) is 3.05. The maximum absolute atomic E-state index is 12.4.